The van der Waals surface area contributed by atoms with Gasteiger partial charge in [0.25, 0.3) is 0 Å². The number of halogens is 2. The minimum atomic E-state index is -0.764. The molecule has 6 atom stereocenters. The van der Waals surface area contributed by atoms with Crippen LogP contribution in [0.25, 0.3) is 31.2 Å². The van der Waals surface area contributed by atoms with Gasteiger partial charge in [-0.1, -0.05) is 97.9 Å². The summed E-state index contributed by atoms with van der Waals surface area (Å²) in [7, 11) is 4.32. The Morgan fingerprint density at radius 3 is 1.48 bits per heavy atom. The molecule has 0 spiro atoms. The van der Waals surface area contributed by atoms with Crippen LogP contribution in [0, 0.1) is 19.1 Å². The van der Waals surface area contributed by atoms with Crippen molar-refractivity contribution in [1.29, 1.82) is 0 Å². The summed E-state index contributed by atoms with van der Waals surface area (Å²) in [4.78, 5) is 71.7. The number of benzene rings is 4. The predicted octanol–water partition coefficient (Wildman–Crippen LogP) is 12.9. The van der Waals surface area contributed by atoms with Crippen LogP contribution in [0.5, 0.6) is 12.0 Å². The van der Waals surface area contributed by atoms with Gasteiger partial charge in [-0.05, 0) is 150 Å². The van der Waals surface area contributed by atoms with Gasteiger partial charge in [-0.15, -0.1) is 0 Å². The van der Waals surface area contributed by atoms with Crippen LogP contribution >= 0.6 is 77.2 Å². The number of likely N-dealkylation sites (tertiary alicyclic amines) is 3. The molecule has 0 bridgehead atoms. The molecule has 5 aliphatic heterocycles. The van der Waals surface area contributed by atoms with Crippen LogP contribution in [-0.4, -0.2) is 144 Å². The number of ether oxygens (including phenoxy) is 3. The van der Waals surface area contributed by atoms with Crippen molar-refractivity contribution >= 4 is 128 Å². The number of anilines is 2. The number of esters is 2. The number of carbonyl (C=O) groups is 3. The molecule has 23 heteroatoms. The Hall–Kier alpha value is -6.53. The Morgan fingerprint density at radius 2 is 1.04 bits per heavy atom. The van der Waals surface area contributed by atoms with E-state index in [9.17, 15) is 14.4 Å². The standard InChI is InChI=1S/C33H37ClN6O2.C31H36ClN5O.C6H6O3.4H2S/c1-4-30(41)40-17-13-23(18-25(40)19-35-2)32-26-14-16-39(29-12-6-9-22-8-5-11-27(34)31(22)29)20-28(26)36-33(37-32)42-21-24-10-7-15-38(24)3;1-33-18-21-7-3-10-23(17-21)30-25-14-16-37(28-13-5-9-22-8-4-12-26(32)29(22)28)19-27(25)34-31(35-30)38-20-24-11-6-15-36(24)2;1-3-5(7)9-6(8)4-2;;;;/h4-6,8-9,11-12,23-25H,1,7,10,13-21H2,3H3;4-5,8-9,12-13,21,23-24H,3,6-7,10-11,14-20H2,2H3;3-4H,1-2H2;4*1H2/t23?,24-,25+;21-,23?,24+;;;;;/m01...../s1. The monoisotopic (exact) mass is 1380 g/mol. The first-order valence-electron chi connectivity index (χ1n) is 31.2. The van der Waals surface area contributed by atoms with E-state index in [0.717, 1.165) is 156 Å². The molecular formula is C70H87Cl2N11O6S4. The molecule has 1 saturated carbocycles. The molecule has 2 unspecified atom stereocenters. The Kier molecular flexibility index (Phi) is 29.1. The van der Waals surface area contributed by atoms with Gasteiger partial charge in [0.2, 0.25) is 19.0 Å². The third-order valence-electron chi connectivity index (χ3n) is 18.6. The number of fused-ring (bicyclic) bond motifs is 4. The first-order valence-corrected chi connectivity index (χ1v) is 31.9. The van der Waals surface area contributed by atoms with Crippen LogP contribution in [0.4, 0.5) is 11.4 Å². The first kappa shape index (κ1) is 75.5. The molecule has 7 heterocycles. The number of hydrogen-bond donors (Lipinski definition) is 0. The van der Waals surface area contributed by atoms with Gasteiger partial charge >= 0.3 is 24.0 Å². The maximum Gasteiger partial charge on any atom is 0.338 e. The molecule has 1 amide bonds. The summed E-state index contributed by atoms with van der Waals surface area (Å²) >= 11 is 13.4. The van der Waals surface area contributed by atoms with Crippen LogP contribution in [0.3, 0.4) is 0 Å². The van der Waals surface area contributed by atoms with Gasteiger partial charge in [0.05, 0.1) is 45.9 Å². The highest BCUT2D eigenvalue weighted by atomic mass is 35.5. The molecule has 3 saturated heterocycles. The third-order valence-corrected chi connectivity index (χ3v) is 19.2. The highest BCUT2D eigenvalue weighted by molar-refractivity contribution is 7.59. The van der Waals surface area contributed by atoms with E-state index >= 15 is 0 Å². The van der Waals surface area contributed by atoms with Crippen LogP contribution < -0.4 is 19.3 Å². The molecule has 17 nitrogen and oxygen atoms in total. The molecule has 0 radical (unpaired) electrons. The molecule has 4 aromatic carbocycles. The van der Waals surface area contributed by atoms with E-state index in [1.165, 1.54) is 35.7 Å². The van der Waals surface area contributed by atoms with Crippen LogP contribution in [0.15, 0.2) is 111 Å². The van der Waals surface area contributed by atoms with Gasteiger partial charge in [0, 0.05) is 83.8 Å². The number of nitrogens with zero attached hydrogens (tertiary/aromatic N) is 11. The lowest BCUT2D eigenvalue weighted by atomic mass is 9.78. The van der Waals surface area contributed by atoms with Crippen molar-refractivity contribution in [2.75, 3.05) is 82.9 Å². The quantitative estimate of drug-likeness (QED) is 0.0414. The molecule has 1 aliphatic carbocycles. The van der Waals surface area contributed by atoms with Crippen molar-refractivity contribution in [3.05, 3.63) is 178 Å². The Bertz CT molecular complexity index is 3680. The van der Waals surface area contributed by atoms with Crippen molar-refractivity contribution in [2.24, 2.45) is 5.92 Å². The maximum absolute atomic E-state index is 12.5. The molecule has 496 valence electrons. The second-order valence-corrected chi connectivity index (χ2v) is 24.9. The highest BCUT2D eigenvalue weighted by Gasteiger charge is 2.38. The molecule has 93 heavy (non-hydrogen) atoms. The molecule has 12 rings (SSSR count). The van der Waals surface area contributed by atoms with Crippen molar-refractivity contribution in [1.82, 2.24) is 34.6 Å². The summed E-state index contributed by atoms with van der Waals surface area (Å²) in [6.45, 7) is 32.7. The number of amides is 1. The number of hydrogen-bond acceptors (Lipinski definition) is 14. The fourth-order valence-corrected chi connectivity index (χ4v) is 14.4. The van der Waals surface area contributed by atoms with E-state index < -0.39 is 11.9 Å². The molecule has 6 aliphatic rings. The number of piperidine rings is 1. The van der Waals surface area contributed by atoms with E-state index in [2.05, 4.69) is 116 Å². The Balaban J connectivity index is 0.000000252. The summed E-state index contributed by atoms with van der Waals surface area (Å²) in [5.74, 6) is -0.674. The predicted molar refractivity (Wildman–Crippen MR) is 392 cm³/mol. The normalized spacial score (nSPS) is 20.6. The maximum atomic E-state index is 12.5. The summed E-state index contributed by atoms with van der Waals surface area (Å²) < 4.78 is 16.7. The van der Waals surface area contributed by atoms with Gasteiger partial charge in [-0.2, -0.15) is 73.9 Å². The minimum absolute atomic E-state index is 0. The smallest absolute Gasteiger partial charge is 0.338 e. The SMILES string of the molecule is C=CC(=O)OC(=O)C=C.S.S.S.S.[C-]#[N+]C[C@@H]1CCCC(c2nc(OC[C@@H]3CCCN3C)nc3c2CCN(c2cccc4cccc(Cl)c24)C3)C1.[C-]#[N+]C[C@H]1CC(c2nc(OC[C@@H]3CCCN3C)nc3c2CCN(c2cccc4cccc(Cl)c24)C3)CCN1C(=O)C=C. The average Bonchev–Trinajstić information content (AvgIpc) is 1.03. The summed E-state index contributed by atoms with van der Waals surface area (Å²) in [6.07, 6.45) is 15.5. The van der Waals surface area contributed by atoms with Gasteiger partial charge in [-0.3, -0.25) is 4.79 Å². The fraction of sp³-hybridized carbons (Fsp3) is 0.443. The van der Waals surface area contributed by atoms with Gasteiger partial charge in [-0.25, -0.2) is 22.7 Å². The zero-order chi connectivity index (χ0) is 62.6. The number of aromatic nitrogens is 4. The molecule has 2 aromatic heterocycles. The van der Waals surface area contributed by atoms with E-state index in [-0.39, 0.29) is 78.4 Å². The van der Waals surface area contributed by atoms with Gasteiger partial charge in [0.15, 0.2) is 0 Å². The van der Waals surface area contributed by atoms with Crippen LogP contribution in [0.2, 0.25) is 10.0 Å². The van der Waals surface area contributed by atoms with E-state index in [4.69, 9.17) is 65.8 Å². The van der Waals surface area contributed by atoms with E-state index in [1.807, 2.05) is 24.3 Å². The van der Waals surface area contributed by atoms with Crippen molar-refractivity contribution < 1.29 is 28.6 Å². The zero-order valence-corrected chi connectivity index (χ0v) is 58.6. The fourth-order valence-electron chi connectivity index (χ4n) is 13.9. The lowest BCUT2D eigenvalue weighted by molar-refractivity contribution is -0.152. The molecule has 6 aromatic rings. The summed E-state index contributed by atoms with van der Waals surface area (Å²) in [5, 5.41) is 5.96. The zero-order valence-electron chi connectivity index (χ0n) is 53.1. The molecule has 4 fully saturated rings. The third kappa shape index (κ3) is 18.3. The largest absolute Gasteiger partial charge is 0.462 e. The van der Waals surface area contributed by atoms with E-state index in [0.29, 0.717) is 81.8 Å². The summed E-state index contributed by atoms with van der Waals surface area (Å²) in [6, 6.07) is 26.4. The number of rotatable bonds is 15. The number of carbonyl (C=O) groups excluding carboxylic acids is 3. The minimum Gasteiger partial charge on any atom is -0.462 e. The van der Waals surface area contributed by atoms with Crippen molar-refractivity contribution in [3.8, 4) is 12.0 Å². The lowest BCUT2D eigenvalue weighted by Crippen LogP contribution is -2.46. The average molecular weight is 1380 g/mol. The van der Waals surface area contributed by atoms with Gasteiger partial charge in [0.1, 0.15) is 19.3 Å². The first-order chi connectivity index (χ1) is 43.3. The Labute approximate surface area is 585 Å². The number of likely N-dealkylation sites (N-methyl/N-ethyl adjacent to an activating group) is 2. The van der Waals surface area contributed by atoms with Crippen LogP contribution in [0.1, 0.15) is 110 Å². The highest BCUT2D eigenvalue weighted by Crippen LogP contribution is 2.43. The second kappa shape index (κ2) is 35.8. The topological polar surface area (TPSA) is 155 Å². The Morgan fingerprint density at radius 1 is 0.570 bits per heavy atom. The van der Waals surface area contributed by atoms with Crippen molar-refractivity contribution in [2.45, 2.75) is 120 Å². The second-order valence-electron chi connectivity index (χ2n) is 24.1. The van der Waals surface area contributed by atoms with Crippen molar-refractivity contribution in [3.63, 3.8) is 0 Å². The summed E-state index contributed by atoms with van der Waals surface area (Å²) in [5.41, 5.74) is 8.99. The molecule has 0 N–H and O–H groups in total. The van der Waals surface area contributed by atoms with E-state index in [1.54, 1.807) is 4.90 Å². The van der Waals surface area contributed by atoms with Crippen LogP contribution in [-0.2, 0) is 45.1 Å². The molecular weight excluding hydrogens is 1290 g/mol. The lowest BCUT2D eigenvalue weighted by Gasteiger charge is -2.38. The van der Waals surface area contributed by atoms with Gasteiger partial charge < -0.3 is 48.4 Å².